The fourth-order valence-electron chi connectivity index (χ4n) is 1.36. The van der Waals surface area contributed by atoms with Crippen LogP contribution in [0.3, 0.4) is 0 Å². The van der Waals surface area contributed by atoms with Crippen LogP contribution in [0.15, 0.2) is 29.5 Å². The molecular weight excluding hydrogens is 342 g/mol. The first-order valence-electron chi connectivity index (χ1n) is 5.41. The molecule has 8 heteroatoms. The quantitative estimate of drug-likeness (QED) is 0.631. The summed E-state index contributed by atoms with van der Waals surface area (Å²) in [7, 11) is 0. The maximum absolute atomic E-state index is 5.96. The number of nitrogens with one attached hydrogen (secondary N) is 1. The molecule has 104 valence electrons. The summed E-state index contributed by atoms with van der Waals surface area (Å²) in [5.74, 6) is 0. The van der Waals surface area contributed by atoms with Crippen molar-refractivity contribution < 1.29 is 0 Å². The van der Waals surface area contributed by atoms with Gasteiger partial charge in [-0.2, -0.15) is 10.2 Å². The van der Waals surface area contributed by atoms with Gasteiger partial charge in [0.05, 0.1) is 27.6 Å². The fraction of sp³-hybridized carbons (Fsp3) is 0.0833. The number of hydrogen-bond acceptors (Lipinski definition) is 4. The van der Waals surface area contributed by atoms with E-state index in [9.17, 15) is 0 Å². The summed E-state index contributed by atoms with van der Waals surface area (Å²) < 4.78 is 0. The summed E-state index contributed by atoms with van der Waals surface area (Å²) in [6.45, 7) is 1.82. The number of hydrogen-bond donors (Lipinski definition) is 1. The Morgan fingerprint density at radius 1 is 1.15 bits per heavy atom. The summed E-state index contributed by atoms with van der Waals surface area (Å²) in [6, 6.07) is 5.24. The van der Waals surface area contributed by atoms with E-state index in [0.717, 1.165) is 5.56 Å². The van der Waals surface area contributed by atoms with Crippen molar-refractivity contribution in [1.82, 2.24) is 10.2 Å². The number of aromatic nitrogens is 2. The van der Waals surface area contributed by atoms with E-state index in [4.69, 9.17) is 46.4 Å². The lowest BCUT2D eigenvalue weighted by molar-refractivity contribution is 1.03. The third-order valence-corrected chi connectivity index (χ3v) is 3.91. The van der Waals surface area contributed by atoms with Gasteiger partial charge in [-0.05, 0) is 24.6 Å². The highest BCUT2D eigenvalue weighted by atomic mass is 35.5. The molecule has 1 heterocycles. The Balaban J connectivity index is 2.22. The minimum atomic E-state index is 0.110. The molecule has 0 fully saturated rings. The largest absolute Gasteiger partial charge is 0.275 e. The van der Waals surface area contributed by atoms with Gasteiger partial charge < -0.3 is 0 Å². The Kier molecular flexibility index (Phi) is 5.05. The van der Waals surface area contributed by atoms with Crippen molar-refractivity contribution in [3.8, 4) is 0 Å². The summed E-state index contributed by atoms with van der Waals surface area (Å²) in [6.07, 6.45) is 1.43. The minimum absolute atomic E-state index is 0.110. The highest BCUT2D eigenvalue weighted by molar-refractivity contribution is 6.43. The Bertz CT molecular complexity index is 673. The first kappa shape index (κ1) is 15.3. The lowest BCUT2D eigenvalue weighted by Gasteiger charge is -2.06. The van der Waals surface area contributed by atoms with Gasteiger partial charge in [0, 0.05) is 0 Å². The third kappa shape index (κ3) is 3.52. The smallest absolute Gasteiger partial charge is 0.172 e. The average Bonchev–Trinajstić information content (AvgIpc) is 2.43. The van der Waals surface area contributed by atoms with Crippen LogP contribution in [0.1, 0.15) is 12.5 Å². The monoisotopic (exact) mass is 348 g/mol. The van der Waals surface area contributed by atoms with Gasteiger partial charge in [-0.3, -0.25) is 5.43 Å². The van der Waals surface area contributed by atoms with E-state index < -0.39 is 0 Å². The van der Waals surface area contributed by atoms with Gasteiger partial charge >= 0.3 is 0 Å². The standard InChI is InChI=1S/C12H8Cl4N4/c1-6(7-2-3-8(13)9(14)4-7)18-19-10-5-17-20-12(16)11(10)15/h2-5H,1H3,(H,19,20)/b18-6+. The van der Waals surface area contributed by atoms with Crippen LogP contribution < -0.4 is 5.43 Å². The normalized spacial score (nSPS) is 11.6. The predicted octanol–water partition coefficient (Wildman–Crippen LogP) is 4.93. The van der Waals surface area contributed by atoms with Gasteiger partial charge in [-0.1, -0.05) is 52.5 Å². The lowest BCUT2D eigenvalue weighted by Crippen LogP contribution is -2.01. The summed E-state index contributed by atoms with van der Waals surface area (Å²) >= 11 is 23.5. The molecule has 2 rings (SSSR count). The first-order valence-corrected chi connectivity index (χ1v) is 6.92. The van der Waals surface area contributed by atoms with Crippen LogP contribution in [0.25, 0.3) is 0 Å². The maximum atomic E-state index is 5.96. The van der Waals surface area contributed by atoms with E-state index in [2.05, 4.69) is 20.7 Å². The second kappa shape index (κ2) is 6.59. The van der Waals surface area contributed by atoms with Gasteiger partial charge in [0.2, 0.25) is 0 Å². The molecule has 0 aliphatic heterocycles. The van der Waals surface area contributed by atoms with Crippen LogP contribution in [0.4, 0.5) is 5.69 Å². The lowest BCUT2D eigenvalue weighted by atomic mass is 10.1. The molecule has 0 saturated heterocycles. The zero-order chi connectivity index (χ0) is 14.7. The molecule has 0 saturated carbocycles. The zero-order valence-electron chi connectivity index (χ0n) is 10.2. The van der Waals surface area contributed by atoms with Crippen molar-refractivity contribution in [3.63, 3.8) is 0 Å². The summed E-state index contributed by atoms with van der Waals surface area (Å²) in [5.41, 5.74) is 4.77. The van der Waals surface area contributed by atoms with E-state index in [1.54, 1.807) is 12.1 Å². The molecule has 1 N–H and O–H groups in total. The maximum Gasteiger partial charge on any atom is 0.172 e. The fourth-order valence-corrected chi connectivity index (χ4v) is 1.93. The Hall–Kier alpha value is -1.07. The molecular formula is C12H8Cl4N4. The molecule has 0 spiro atoms. The van der Waals surface area contributed by atoms with Crippen molar-refractivity contribution in [1.29, 1.82) is 0 Å². The van der Waals surface area contributed by atoms with E-state index in [1.165, 1.54) is 6.20 Å². The van der Waals surface area contributed by atoms with Crippen LogP contribution in [0.2, 0.25) is 20.2 Å². The molecule has 0 amide bonds. The molecule has 2 aromatic rings. The van der Waals surface area contributed by atoms with E-state index in [1.807, 2.05) is 13.0 Å². The number of halogens is 4. The number of nitrogens with zero attached hydrogens (tertiary/aromatic N) is 3. The third-order valence-electron chi connectivity index (χ3n) is 2.43. The second-order valence-corrected chi connectivity index (χ2v) is 5.35. The Morgan fingerprint density at radius 2 is 1.90 bits per heavy atom. The number of rotatable bonds is 3. The van der Waals surface area contributed by atoms with Crippen molar-refractivity contribution in [2.75, 3.05) is 5.43 Å². The predicted molar refractivity (Wildman–Crippen MR) is 84.3 cm³/mol. The molecule has 1 aromatic heterocycles. The van der Waals surface area contributed by atoms with Crippen LogP contribution in [-0.2, 0) is 0 Å². The Labute approximate surface area is 135 Å². The van der Waals surface area contributed by atoms with E-state index >= 15 is 0 Å². The van der Waals surface area contributed by atoms with Crippen molar-refractivity contribution in [2.24, 2.45) is 5.10 Å². The molecule has 0 aliphatic rings. The van der Waals surface area contributed by atoms with Gasteiger partial charge in [0.1, 0.15) is 5.02 Å². The van der Waals surface area contributed by atoms with E-state index in [-0.39, 0.29) is 10.2 Å². The second-order valence-electron chi connectivity index (χ2n) is 3.80. The van der Waals surface area contributed by atoms with Crippen molar-refractivity contribution in [3.05, 3.63) is 50.2 Å². The average molecular weight is 350 g/mol. The first-order chi connectivity index (χ1) is 9.49. The van der Waals surface area contributed by atoms with Gasteiger partial charge in [-0.15, -0.1) is 5.10 Å². The van der Waals surface area contributed by atoms with Gasteiger partial charge in [0.15, 0.2) is 5.15 Å². The van der Waals surface area contributed by atoms with Crippen LogP contribution in [0.5, 0.6) is 0 Å². The molecule has 1 aromatic carbocycles. The number of hydrazone groups is 1. The van der Waals surface area contributed by atoms with Crippen molar-refractivity contribution in [2.45, 2.75) is 6.92 Å². The minimum Gasteiger partial charge on any atom is -0.275 e. The SMILES string of the molecule is C/C(=N\Nc1cnnc(Cl)c1Cl)c1ccc(Cl)c(Cl)c1. The van der Waals surface area contributed by atoms with Crippen LogP contribution in [0, 0.1) is 0 Å². The summed E-state index contributed by atoms with van der Waals surface area (Å²) in [4.78, 5) is 0. The molecule has 4 nitrogen and oxygen atoms in total. The molecule has 0 aliphatic carbocycles. The van der Waals surface area contributed by atoms with E-state index in [0.29, 0.717) is 21.4 Å². The molecule has 0 bridgehead atoms. The molecule has 0 atom stereocenters. The number of anilines is 1. The van der Waals surface area contributed by atoms with Crippen LogP contribution >= 0.6 is 46.4 Å². The van der Waals surface area contributed by atoms with Crippen molar-refractivity contribution >= 4 is 57.8 Å². The van der Waals surface area contributed by atoms with Gasteiger partial charge in [0.25, 0.3) is 0 Å². The highest BCUT2D eigenvalue weighted by Crippen LogP contribution is 2.27. The molecule has 0 radical (unpaired) electrons. The molecule has 20 heavy (non-hydrogen) atoms. The zero-order valence-corrected chi connectivity index (χ0v) is 13.2. The number of benzene rings is 1. The molecule has 0 unspecified atom stereocenters. The highest BCUT2D eigenvalue weighted by Gasteiger charge is 2.06. The van der Waals surface area contributed by atoms with Crippen LogP contribution in [-0.4, -0.2) is 15.9 Å². The topological polar surface area (TPSA) is 50.2 Å². The van der Waals surface area contributed by atoms with Gasteiger partial charge in [-0.25, -0.2) is 0 Å². The summed E-state index contributed by atoms with van der Waals surface area (Å²) in [5, 5.41) is 12.8. The Morgan fingerprint density at radius 3 is 2.60 bits per heavy atom.